The van der Waals surface area contributed by atoms with Crippen LogP contribution in [0, 0.1) is 5.92 Å². The minimum Gasteiger partial charge on any atom is -0.300 e. The van der Waals surface area contributed by atoms with Crippen molar-refractivity contribution < 1.29 is 13.2 Å². The number of carbonyl (C=O) groups excluding carboxylic acids is 1. The maximum absolute atomic E-state index is 11.5. The summed E-state index contributed by atoms with van der Waals surface area (Å²) in [5.74, 6) is 0.787. The third-order valence-corrected chi connectivity index (χ3v) is 4.73. The third-order valence-electron chi connectivity index (χ3n) is 3.02. The first-order valence-electron chi connectivity index (χ1n) is 5.21. The Bertz CT molecular complexity index is 321. The second kappa shape index (κ2) is 4.61. The van der Waals surface area contributed by atoms with Crippen LogP contribution in [0.1, 0.15) is 19.8 Å². The van der Waals surface area contributed by atoms with Gasteiger partial charge in [0.1, 0.15) is 15.6 Å². The molecule has 1 unspecified atom stereocenters. The summed E-state index contributed by atoms with van der Waals surface area (Å²) in [7, 11) is 0.910. The molecule has 88 valence electrons. The van der Waals surface area contributed by atoms with Crippen molar-refractivity contribution in [3.8, 4) is 0 Å². The Morgan fingerprint density at radius 1 is 1.27 bits per heavy atom. The summed E-state index contributed by atoms with van der Waals surface area (Å²) in [6.45, 7) is 1.58. The number of hydrogen-bond donors (Lipinski definition) is 0. The molecule has 0 bridgehead atoms. The van der Waals surface area contributed by atoms with Crippen LogP contribution < -0.4 is 0 Å². The van der Waals surface area contributed by atoms with Crippen LogP contribution in [0.3, 0.4) is 0 Å². The normalized spacial score (nSPS) is 24.0. The Labute approximate surface area is 91.6 Å². The van der Waals surface area contributed by atoms with E-state index in [2.05, 4.69) is 0 Å². The highest BCUT2D eigenvalue weighted by molar-refractivity contribution is 7.91. The number of hydrogen-bond acceptors (Lipinski definition) is 4. The molecule has 0 N–H and O–H groups in total. The summed E-state index contributed by atoms with van der Waals surface area (Å²) in [6.07, 6.45) is 1.23. The molecule has 5 heteroatoms. The molecule has 4 nitrogen and oxygen atoms in total. The lowest BCUT2D eigenvalue weighted by molar-refractivity contribution is -0.123. The van der Waals surface area contributed by atoms with Crippen molar-refractivity contribution >= 4 is 15.6 Å². The molecule has 1 aliphatic heterocycles. The average molecular weight is 233 g/mol. The molecule has 1 aliphatic rings. The number of Topliss-reactive ketones (excluding diaryl/α,β-unsaturated/α-hetero) is 1. The Morgan fingerprint density at radius 2 is 1.73 bits per heavy atom. The first-order valence-corrected chi connectivity index (χ1v) is 7.03. The maximum atomic E-state index is 11.5. The summed E-state index contributed by atoms with van der Waals surface area (Å²) in [5.41, 5.74) is 0. The minimum absolute atomic E-state index is 0.125. The fourth-order valence-corrected chi connectivity index (χ4v) is 3.87. The SMILES string of the molecule is CC(=O)C(C1CCS(=O)(=O)CC1)N(C)C. The predicted octanol–water partition coefficient (Wildman–Crippen LogP) is 0.330. The van der Waals surface area contributed by atoms with Crippen LogP contribution in [0.2, 0.25) is 0 Å². The Hall–Kier alpha value is -0.420. The third kappa shape index (κ3) is 3.28. The highest BCUT2D eigenvalue weighted by Crippen LogP contribution is 2.24. The molecule has 0 aliphatic carbocycles. The highest BCUT2D eigenvalue weighted by atomic mass is 32.2. The second-order valence-corrected chi connectivity index (χ2v) is 6.81. The number of nitrogens with zero attached hydrogens (tertiary/aromatic N) is 1. The van der Waals surface area contributed by atoms with E-state index >= 15 is 0 Å². The van der Waals surface area contributed by atoms with Gasteiger partial charge in [-0.1, -0.05) is 0 Å². The summed E-state index contributed by atoms with van der Waals surface area (Å²) in [4.78, 5) is 13.3. The van der Waals surface area contributed by atoms with E-state index in [4.69, 9.17) is 0 Å². The molecule has 1 atom stereocenters. The van der Waals surface area contributed by atoms with Gasteiger partial charge in [-0.3, -0.25) is 9.69 Å². The molecule has 0 aromatic rings. The topological polar surface area (TPSA) is 54.5 Å². The van der Waals surface area contributed by atoms with Gasteiger partial charge < -0.3 is 0 Å². The lowest BCUT2D eigenvalue weighted by Crippen LogP contribution is -2.44. The van der Waals surface area contributed by atoms with Gasteiger partial charge in [0.15, 0.2) is 0 Å². The van der Waals surface area contributed by atoms with Crippen LogP contribution in [-0.4, -0.2) is 50.7 Å². The van der Waals surface area contributed by atoms with Crippen molar-refractivity contribution in [1.29, 1.82) is 0 Å². The van der Waals surface area contributed by atoms with Gasteiger partial charge in [0.05, 0.1) is 17.5 Å². The number of sulfone groups is 1. The van der Waals surface area contributed by atoms with E-state index in [0.717, 1.165) is 0 Å². The fourth-order valence-electron chi connectivity index (χ4n) is 2.34. The van der Waals surface area contributed by atoms with E-state index < -0.39 is 9.84 Å². The highest BCUT2D eigenvalue weighted by Gasteiger charge is 2.32. The van der Waals surface area contributed by atoms with Crippen molar-refractivity contribution in [2.24, 2.45) is 5.92 Å². The Balaban J connectivity index is 2.69. The van der Waals surface area contributed by atoms with Gasteiger partial charge in [0, 0.05) is 0 Å². The van der Waals surface area contributed by atoms with Crippen molar-refractivity contribution in [2.45, 2.75) is 25.8 Å². The summed E-state index contributed by atoms with van der Waals surface area (Å²) < 4.78 is 22.5. The zero-order valence-electron chi connectivity index (χ0n) is 9.56. The number of likely N-dealkylation sites (N-methyl/N-ethyl adjacent to an activating group) is 1. The predicted molar refractivity (Wildman–Crippen MR) is 59.5 cm³/mol. The number of carbonyl (C=O) groups is 1. The molecule has 0 amide bonds. The van der Waals surface area contributed by atoms with Crippen LogP contribution in [0.25, 0.3) is 0 Å². The molecule has 1 heterocycles. The van der Waals surface area contributed by atoms with Gasteiger partial charge in [0.25, 0.3) is 0 Å². The molecule has 0 aromatic heterocycles. The lowest BCUT2D eigenvalue weighted by atomic mass is 9.90. The molecule has 0 spiro atoms. The number of ketones is 1. The van der Waals surface area contributed by atoms with Crippen LogP contribution in [0.5, 0.6) is 0 Å². The molecule has 0 saturated carbocycles. The Kier molecular flexibility index (Phi) is 3.89. The second-order valence-electron chi connectivity index (χ2n) is 4.51. The van der Waals surface area contributed by atoms with E-state index in [1.165, 1.54) is 0 Å². The largest absolute Gasteiger partial charge is 0.300 e. The first kappa shape index (κ1) is 12.6. The average Bonchev–Trinajstić information content (AvgIpc) is 2.07. The van der Waals surface area contributed by atoms with Gasteiger partial charge >= 0.3 is 0 Å². The number of rotatable bonds is 3. The van der Waals surface area contributed by atoms with Gasteiger partial charge in [-0.25, -0.2) is 8.42 Å². The van der Waals surface area contributed by atoms with E-state index in [9.17, 15) is 13.2 Å². The van der Waals surface area contributed by atoms with Gasteiger partial charge in [-0.05, 0) is 39.8 Å². The summed E-state index contributed by atoms with van der Waals surface area (Å²) in [6, 6.07) is -0.125. The van der Waals surface area contributed by atoms with E-state index in [0.29, 0.717) is 12.8 Å². The van der Waals surface area contributed by atoms with Crippen LogP contribution in [0.15, 0.2) is 0 Å². The van der Waals surface area contributed by atoms with E-state index in [-0.39, 0.29) is 29.2 Å². The zero-order chi connectivity index (χ0) is 11.6. The van der Waals surface area contributed by atoms with Crippen LogP contribution in [-0.2, 0) is 14.6 Å². The first-order chi connectivity index (χ1) is 6.83. The monoisotopic (exact) mass is 233 g/mol. The van der Waals surface area contributed by atoms with Crippen LogP contribution >= 0.6 is 0 Å². The molecular formula is C10H19NO3S. The van der Waals surface area contributed by atoms with Gasteiger partial charge in [-0.15, -0.1) is 0 Å². The molecule has 0 aromatic carbocycles. The van der Waals surface area contributed by atoms with Crippen LogP contribution in [0.4, 0.5) is 0 Å². The fraction of sp³-hybridized carbons (Fsp3) is 0.900. The molecule has 1 fully saturated rings. The summed E-state index contributed by atoms with van der Waals surface area (Å²) >= 11 is 0. The standard InChI is InChI=1S/C10H19NO3S/c1-8(12)10(11(2)3)9-4-6-15(13,14)7-5-9/h9-10H,4-7H2,1-3H3. The van der Waals surface area contributed by atoms with Gasteiger partial charge in [-0.2, -0.15) is 0 Å². The van der Waals surface area contributed by atoms with Crippen molar-refractivity contribution in [2.75, 3.05) is 25.6 Å². The van der Waals surface area contributed by atoms with E-state index in [1.807, 2.05) is 19.0 Å². The zero-order valence-corrected chi connectivity index (χ0v) is 10.4. The maximum Gasteiger partial charge on any atom is 0.150 e. The Morgan fingerprint density at radius 3 is 2.07 bits per heavy atom. The molecule has 1 saturated heterocycles. The molecule has 15 heavy (non-hydrogen) atoms. The van der Waals surface area contributed by atoms with Gasteiger partial charge in [0.2, 0.25) is 0 Å². The molecular weight excluding hydrogens is 214 g/mol. The quantitative estimate of drug-likeness (QED) is 0.705. The lowest BCUT2D eigenvalue weighted by Gasteiger charge is -2.32. The smallest absolute Gasteiger partial charge is 0.150 e. The van der Waals surface area contributed by atoms with Crippen molar-refractivity contribution in [1.82, 2.24) is 4.90 Å². The van der Waals surface area contributed by atoms with E-state index in [1.54, 1.807) is 6.92 Å². The van der Waals surface area contributed by atoms with Crippen molar-refractivity contribution in [3.63, 3.8) is 0 Å². The summed E-state index contributed by atoms with van der Waals surface area (Å²) in [5, 5.41) is 0. The molecule has 0 radical (unpaired) electrons. The van der Waals surface area contributed by atoms with Crippen molar-refractivity contribution in [3.05, 3.63) is 0 Å². The molecule has 1 rings (SSSR count). The minimum atomic E-state index is -2.83.